The highest BCUT2D eigenvalue weighted by Crippen LogP contribution is 2.37. The molecule has 0 aliphatic heterocycles. The van der Waals surface area contributed by atoms with E-state index in [9.17, 15) is 5.02 Å². The van der Waals surface area contributed by atoms with E-state index in [4.69, 9.17) is 4.74 Å². The fraction of sp³-hybridized carbons (Fsp3) is 0.455. The maximum atomic E-state index is 9.44. The molecule has 1 aromatic rings. The molecule has 86 valence electrons. The summed E-state index contributed by atoms with van der Waals surface area (Å²) in [6, 6.07) is 6.20. The van der Waals surface area contributed by atoms with E-state index >= 15 is 0 Å². The molecule has 5 heteroatoms. The van der Waals surface area contributed by atoms with E-state index < -0.39 is 7.05 Å². The van der Waals surface area contributed by atoms with Crippen molar-refractivity contribution in [2.75, 3.05) is 7.11 Å². The van der Waals surface area contributed by atoms with Crippen LogP contribution in [0.1, 0.15) is 17.2 Å². The second kappa shape index (κ2) is 4.88. The Morgan fingerprint density at radius 3 is 2.94 bits per heavy atom. The van der Waals surface area contributed by atoms with Crippen LogP contribution in [0.3, 0.4) is 0 Å². The van der Waals surface area contributed by atoms with Crippen molar-refractivity contribution in [3.8, 4) is 0 Å². The van der Waals surface area contributed by atoms with E-state index in [0.717, 1.165) is 10.9 Å². The predicted octanol–water partition coefficient (Wildman–Crippen LogP) is 1.76. The molecule has 1 aliphatic rings. The Hall–Kier alpha value is -0.355. The lowest BCUT2D eigenvalue weighted by Gasteiger charge is -2.21. The summed E-state index contributed by atoms with van der Waals surface area (Å²) in [5.74, 6) is 0. The van der Waals surface area contributed by atoms with E-state index in [0.29, 0.717) is 0 Å². The van der Waals surface area contributed by atoms with Gasteiger partial charge in [-0.2, -0.15) is 0 Å². The van der Waals surface area contributed by atoms with Gasteiger partial charge in [0, 0.05) is 18.0 Å². The summed E-state index contributed by atoms with van der Waals surface area (Å²) in [6.45, 7) is 1.72. The summed E-state index contributed by atoms with van der Waals surface area (Å²) < 4.78 is 6.58. The van der Waals surface area contributed by atoms with Crippen molar-refractivity contribution in [1.82, 2.24) is 5.23 Å². The first-order chi connectivity index (χ1) is 7.63. The van der Waals surface area contributed by atoms with Crippen LogP contribution in [0, 0.1) is 0 Å². The molecule has 0 unspecified atom stereocenters. The highest BCUT2D eigenvalue weighted by molar-refractivity contribution is 9.10. The van der Waals surface area contributed by atoms with E-state index in [1.54, 1.807) is 13.9 Å². The van der Waals surface area contributed by atoms with Gasteiger partial charge in [-0.25, -0.2) is 0 Å². The highest BCUT2D eigenvalue weighted by Gasteiger charge is 2.34. The predicted molar refractivity (Wildman–Crippen MR) is 68.4 cm³/mol. The maximum absolute atomic E-state index is 9.44. The lowest BCUT2D eigenvalue weighted by atomic mass is 9.86. The van der Waals surface area contributed by atoms with Gasteiger partial charge in [-0.1, -0.05) is 28.1 Å². The lowest BCUT2D eigenvalue weighted by Crippen LogP contribution is -2.39. The minimum absolute atomic E-state index is 0.0671. The number of fused-ring (bicyclic) bond motifs is 1. The van der Waals surface area contributed by atoms with Crippen LogP contribution in [-0.2, 0) is 11.2 Å². The summed E-state index contributed by atoms with van der Waals surface area (Å²) >= 11 is 3.55. The molecule has 0 bridgehead atoms. The highest BCUT2D eigenvalue weighted by atomic mass is 79.9. The summed E-state index contributed by atoms with van der Waals surface area (Å²) in [6.07, 6.45) is 0.959. The van der Waals surface area contributed by atoms with Crippen LogP contribution in [0.5, 0.6) is 0 Å². The molecule has 1 aromatic carbocycles. The van der Waals surface area contributed by atoms with E-state index in [1.165, 1.54) is 11.1 Å². The second-order valence-corrected chi connectivity index (χ2v) is 4.96. The Morgan fingerprint density at radius 1 is 1.56 bits per heavy atom. The number of nitrogens with one attached hydrogen (secondary N) is 1. The van der Waals surface area contributed by atoms with Crippen LogP contribution in [0.25, 0.3) is 0 Å². The molecule has 0 saturated heterocycles. The first-order valence-electron chi connectivity index (χ1n) is 5.37. The van der Waals surface area contributed by atoms with Crippen molar-refractivity contribution >= 4 is 23.0 Å². The molecule has 1 aliphatic carbocycles. The zero-order valence-corrected chi connectivity index (χ0v) is 11.0. The molecule has 2 atom stereocenters. The van der Waals surface area contributed by atoms with Crippen LogP contribution in [0.4, 0.5) is 0 Å². The quantitative estimate of drug-likeness (QED) is 0.831. The molecule has 0 heterocycles. The third-order valence-corrected chi connectivity index (χ3v) is 3.73. The Morgan fingerprint density at radius 2 is 2.31 bits per heavy atom. The number of rotatable bonds is 3. The largest absolute Gasteiger partial charge is 0.437 e. The molecule has 2 rings (SSSR count). The van der Waals surface area contributed by atoms with Crippen molar-refractivity contribution in [3.63, 3.8) is 0 Å². The van der Waals surface area contributed by atoms with Gasteiger partial charge in [0.25, 0.3) is 0 Å². The monoisotopic (exact) mass is 283 g/mol. The van der Waals surface area contributed by atoms with Gasteiger partial charge >= 0.3 is 7.05 Å². The fourth-order valence-electron chi connectivity index (χ4n) is 2.28. The Kier molecular flexibility index (Phi) is 3.69. The van der Waals surface area contributed by atoms with Gasteiger partial charge in [0.15, 0.2) is 0 Å². The SMILES string of the molecule is CO[C@@H]1Cc2c(Br)cccc2[C@H]1NB(C)O. The van der Waals surface area contributed by atoms with Crippen molar-refractivity contribution in [1.29, 1.82) is 0 Å². The van der Waals surface area contributed by atoms with Crippen LogP contribution in [0.2, 0.25) is 6.82 Å². The number of benzene rings is 1. The zero-order valence-electron chi connectivity index (χ0n) is 9.40. The molecule has 0 amide bonds. The molecule has 0 saturated carbocycles. The first-order valence-corrected chi connectivity index (χ1v) is 6.17. The average molecular weight is 284 g/mol. The van der Waals surface area contributed by atoms with Gasteiger partial charge in [-0.3, -0.25) is 0 Å². The summed E-state index contributed by atoms with van der Waals surface area (Å²) in [5, 5.41) is 12.6. The van der Waals surface area contributed by atoms with Crippen LogP contribution in [-0.4, -0.2) is 25.3 Å². The third-order valence-electron chi connectivity index (χ3n) is 2.99. The molecule has 16 heavy (non-hydrogen) atoms. The molecular formula is C11H15BBrNO2. The molecular weight excluding hydrogens is 269 g/mol. The molecule has 0 radical (unpaired) electrons. The topological polar surface area (TPSA) is 41.5 Å². The second-order valence-electron chi connectivity index (χ2n) is 4.11. The van der Waals surface area contributed by atoms with Gasteiger partial charge in [-0.15, -0.1) is 0 Å². The smallest absolute Gasteiger partial charge is 0.374 e. The minimum Gasteiger partial charge on any atom is -0.437 e. The minimum atomic E-state index is -0.535. The average Bonchev–Trinajstić information content (AvgIpc) is 2.58. The maximum Gasteiger partial charge on any atom is 0.374 e. The third kappa shape index (κ3) is 2.18. The molecule has 0 spiro atoms. The number of ether oxygens (including phenoxy) is 1. The summed E-state index contributed by atoms with van der Waals surface area (Å²) in [7, 11) is 1.17. The lowest BCUT2D eigenvalue weighted by molar-refractivity contribution is 0.0844. The summed E-state index contributed by atoms with van der Waals surface area (Å²) in [4.78, 5) is 0. The zero-order chi connectivity index (χ0) is 11.7. The Labute approximate surface area is 104 Å². The van der Waals surface area contributed by atoms with Crippen LogP contribution in [0.15, 0.2) is 22.7 Å². The Balaban J connectivity index is 2.33. The van der Waals surface area contributed by atoms with Crippen molar-refractivity contribution in [2.24, 2.45) is 0 Å². The van der Waals surface area contributed by atoms with E-state index in [-0.39, 0.29) is 12.1 Å². The Bertz CT molecular complexity index is 386. The van der Waals surface area contributed by atoms with Gasteiger partial charge < -0.3 is 15.0 Å². The van der Waals surface area contributed by atoms with Gasteiger partial charge in [0.2, 0.25) is 0 Å². The van der Waals surface area contributed by atoms with Crippen LogP contribution >= 0.6 is 15.9 Å². The van der Waals surface area contributed by atoms with Crippen LogP contribution < -0.4 is 5.23 Å². The number of hydrogen-bond acceptors (Lipinski definition) is 3. The number of halogens is 1. The molecule has 0 fully saturated rings. The van der Waals surface area contributed by atoms with E-state index in [2.05, 4.69) is 27.2 Å². The number of hydrogen-bond donors (Lipinski definition) is 2. The number of methoxy groups -OCH3 is 1. The standard InChI is InChI=1S/C11H15BBrNO2/c1-12(15)14-11-7-4-3-5-9(13)8(7)6-10(11)16-2/h3-5,10-11,14-15H,6H2,1-2H3/t10-,11-/m1/s1. The molecule has 3 nitrogen and oxygen atoms in total. The van der Waals surface area contributed by atoms with Gasteiger partial charge in [0.1, 0.15) is 0 Å². The van der Waals surface area contributed by atoms with Crippen molar-refractivity contribution < 1.29 is 9.76 Å². The molecule has 2 N–H and O–H groups in total. The summed E-state index contributed by atoms with van der Waals surface area (Å²) in [5.41, 5.74) is 2.48. The first kappa shape index (κ1) is 12.1. The normalized spacial score (nSPS) is 23.2. The van der Waals surface area contributed by atoms with Crippen molar-refractivity contribution in [2.45, 2.75) is 25.4 Å². The van der Waals surface area contributed by atoms with Gasteiger partial charge in [-0.05, 0) is 24.0 Å². The fourth-order valence-corrected chi connectivity index (χ4v) is 2.82. The van der Waals surface area contributed by atoms with Gasteiger partial charge in [0.05, 0.1) is 12.1 Å². The van der Waals surface area contributed by atoms with Crippen molar-refractivity contribution in [3.05, 3.63) is 33.8 Å². The molecule has 0 aromatic heterocycles. The van der Waals surface area contributed by atoms with E-state index in [1.807, 2.05) is 12.1 Å².